The molecule has 7 nitrogen and oxygen atoms in total. The molecule has 0 aromatic carbocycles. The van der Waals surface area contributed by atoms with Gasteiger partial charge in [0, 0.05) is 26.7 Å². The Kier molecular flexibility index (Phi) is 7.48. The van der Waals surface area contributed by atoms with Crippen molar-refractivity contribution >= 4 is 17.1 Å². The molecule has 2 aromatic rings. The van der Waals surface area contributed by atoms with Gasteiger partial charge in [0.2, 0.25) is 5.95 Å². The molecule has 26 heavy (non-hydrogen) atoms. The van der Waals surface area contributed by atoms with E-state index in [-0.39, 0.29) is 5.56 Å². The number of hydrogen-bond donors (Lipinski definition) is 1. The zero-order valence-corrected chi connectivity index (χ0v) is 16.7. The summed E-state index contributed by atoms with van der Waals surface area (Å²) in [5, 5.41) is 0. The van der Waals surface area contributed by atoms with Crippen molar-refractivity contribution < 1.29 is 0 Å². The van der Waals surface area contributed by atoms with Gasteiger partial charge in [-0.1, -0.05) is 45.4 Å². The Morgan fingerprint density at radius 1 is 0.962 bits per heavy atom. The van der Waals surface area contributed by atoms with Crippen LogP contribution in [-0.4, -0.2) is 32.2 Å². The van der Waals surface area contributed by atoms with Crippen LogP contribution in [0.1, 0.15) is 65.7 Å². The molecule has 0 saturated carbocycles. The summed E-state index contributed by atoms with van der Waals surface area (Å²) < 4.78 is 3.41. The van der Waals surface area contributed by atoms with E-state index in [4.69, 9.17) is 0 Å². The van der Waals surface area contributed by atoms with Crippen LogP contribution in [0.15, 0.2) is 9.59 Å². The molecule has 0 aliphatic rings. The number of aromatic nitrogens is 4. The first kappa shape index (κ1) is 20.3. The van der Waals surface area contributed by atoms with Crippen LogP contribution in [0.25, 0.3) is 11.2 Å². The summed E-state index contributed by atoms with van der Waals surface area (Å²) in [6.07, 6.45) is 8.52. The number of hydrogen-bond acceptors (Lipinski definition) is 4. The Morgan fingerprint density at radius 2 is 1.58 bits per heavy atom. The van der Waals surface area contributed by atoms with Crippen LogP contribution in [0.3, 0.4) is 0 Å². The van der Waals surface area contributed by atoms with E-state index in [9.17, 15) is 9.59 Å². The Labute approximate surface area is 155 Å². The average molecular weight is 364 g/mol. The van der Waals surface area contributed by atoms with E-state index in [0.29, 0.717) is 11.2 Å². The third-order valence-electron chi connectivity index (χ3n) is 5.02. The van der Waals surface area contributed by atoms with Gasteiger partial charge in [0.25, 0.3) is 5.56 Å². The van der Waals surface area contributed by atoms with E-state index in [2.05, 4.69) is 35.6 Å². The molecule has 7 heteroatoms. The predicted molar refractivity (Wildman–Crippen MR) is 107 cm³/mol. The first-order valence-corrected chi connectivity index (χ1v) is 9.99. The van der Waals surface area contributed by atoms with Gasteiger partial charge in [-0.2, -0.15) is 4.98 Å². The number of imidazole rings is 1. The Hall–Kier alpha value is -2.05. The van der Waals surface area contributed by atoms with Crippen molar-refractivity contribution in [2.75, 3.05) is 18.0 Å². The van der Waals surface area contributed by atoms with Crippen molar-refractivity contribution in [3.05, 3.63) is 20.8 Å². The van der Waals surface area contributed by atoms with Crippen LogP contribution in [0, 0.1) is 0 Å². The van der Waals surface area contributed by atoms with Crippen LogP contribution in [0.4, 0.5) is 5.95 Å². The van der Waals surface area contributed by atoms with Gasteiger partial charge in [-0.3, -0.25) is 14.3 Å². The summed E-state index contributed by atoms with van der Waals surface area (Å²) >= 11 is 0. The highest BCUT2D eigenvalue weighted by atomic mass is 16.2. The van der Waals surface area contributed by atoms with Gasteiger partial charge in [0.15, 0.2) is 11.2 Å². The standard InChI is InChI=1S/C19H33N5O2/c1-5-8-9-10-11-12-13-14-24-15-16(20-18(24)23(6-2)7-3)22(4)19(26)21-17(15)25/h5-14H2,1-4H3,(H,21,25,26). The van der Waals surface area contributed by atoms with Crippen molar-refractivity contribution in [2.24, 2.45) is 7.05 Å². The van der Waals surface area contributed by atoms with Gasteiger partial charge in [-0.25, -0.2) is 4.79 Å². The molecule has 146 valence electrons. The van der Waals surface area contributed by atoms with Crippen LogP contribution in [0.2, 0.25) is 0 Å². The summed E-state index contributed by atoms with van der Waals surface area (Å²) in [5.74, 6) is 0.780. The topological polar surface area (TPSA) is 75.9 Å². The maximum atomic E-state index is 12.4. The molecule has 2 rings (SSSR count). The fraction of sp³-hybridized carbons (Fsp3) is 0.737. The van der Waals surface area contributed by atoms with Crippen LogP contribution in [-0.2, 0) is 13.6 Å². The largest absolute Gasteiger partial charge is 0.343 e. The predicted octanol–water partition coefficient (Wildman–Crippen LogP) is 3.02. The number of aromatic amines is 1. The summed E-state index contributed by atoms with van der Waals surface area (Å²) in [6.45, 7) is 8.74. The number of rotatable bonds is 11. The number of unbranched alkanes of at least 4 members (excludes halogenated alkanes) is 6. The monoisotopic (exact) mass is 363 g/mol. The van der Waals surface area contributed by atoms with Crippen LogP contribution >= 0.6 is 0 Å². The molecule has 0 aliphatic carbocycles. The molecular formula is C19H33N5O2. The van der Waals surface area contributed by atoms with Gasteiger partial charge in [-0.15, -0.1) is 0 Å². The SMILES string of the molecule is CCCCCCCCCn1c(N(CC)CC)nc2c1c(=O)[nH]c(=O)n2C. The van der Waals surface area contributed by atoms with Crippen LogP contribution in [0.5, 0.6) is 0 Å². The molecular weight excluding hydrogens is 330 g/mol. The van der Waals surface area contributed by atoms with Gasteiger partial charge in [0.05, 0.1) is 0 Å². The second-order valence-electron chi connectivity index (χ2n) is 6.85. The fourth-order valence-corrected chi connectivity index (χ4v) is 3.41. The lowest BCUT2D eigenvalue weighted by Crippen LogP contribution is -2.29. The molecule has 0 bridgehead atoms. The summed E-state index contributed by atoms with van der Waals surface area (Å²) in [4.78, 5) is 33.5. The number of H-pyrrole nitrogens is 1. The maximum absolute atomic E-state index is 12.4. The van der Waals surface area contributed by atoms with Gasteiger partial charge in [-0.05, 0) is 20.3 Å². The average Bonchev–Trinajstić information content (AvgIpc) is 3.00. The minimum absolute atomic E-state index is 0.350. The summed E-state index contributed by atoms with van der Waals surface area (Å²) in [5.41, 5.74) is 0.190. The van der Waals surface area contributed by atoms with E-state index >= 15 is 0 Å². The Morgan fingerprint density at radius 3 is 2.19 bits per heavy atom. The van der Waals surface area contributed by atoms with Crippen LogP contribution < -0.4 is 16.1 Å². The van der Waals surface area contributed by atoms with Gasteiger partial charge < -0.3 is 9.47 Å². The summed E-state index contributed by atoms with van der Waals surface area (Å²) in [7, 11) is 1.65. The smallest absolute Gasteiger partial charge is 0.329 e. The van der Waals surface area contributed by atoms with E-state index in [1.165, 1.54) is 36.7 Å². The first-order valence-electron chi connectivity index (χ1n) is 9.99. The van der Waals surface area contributed by atoms with Crippen molar-refractivity contribution in [2.45, 2.75) is 72.3 Å². The van der Waals surface area contributed by atoms with Gasteiger partial charge in [0.1, 0.15) is 0 Å². The highest BCUT2D eigenvalue weighted by molar-refractivity contribution is 5.74. The van der Waals surface area contributed by atoms with E-state index in [1.54, 1.807) is 7.05 Å². The van der Waals surface area contributed by atoms with E-state index < -0.39 is 5.69 Å². The number of anilines is 1. The normalized spacial score (nSPS) is 11.4. The van der Waals surface area contributed by atoms with Crippen molar-refractivity contribution in [3.8, 4) is 0 Å². The molecule has 0 saturated heterocycles. The molecule has 0 atom stereocenters. The molecule has 1 N–H and O–H groups in total. The fourth-order valence-electron chi connectivity index (χ4n) is 3.41. The second-order valence-corrected chi connectivity index (χ2v) is 6.85. The zero-order valence-electron chi connectivity index (χ0n) is 16.7. The third-order valence-corrected chi connectivity index (χ3v) is 5.02. The molecule has 2 aromatic heterocycles. The molecule has 0 unspecified atom stereocenters. The van der Waals surface area contributed by atoms with Crippen molar-refractivity contribution in [3.63, 3.8) is 0 Å². The quantitative estimate of drug-likeness (QED) is 0.623. The van der Waals surface area contributed by atoms with Crippen molar-refractivity contribution in [1.29, 1.82) is 0 Å². The Balaban J connectivity index is 2.27. The maximum Gasteiger partial charge on any atom is 0.329 e. The lowest BCUT2D eigenvalue weighted by atomic mass is 10.1. The highest BCUT2D eigenvalue weighted by Gasteiger charge is 2.19. The summed E-state index contributed by atoms with van der Waals surface area (Å²) in [6, 6.07) is 0. The second kappa shape index (κ2) is 9.59. The number of aryl methyl sites for hydroxylation is 2. The number of nitrogens with zero attached hydrogens (tertiary/aromatic N) is 4. The molecule has 0 spiro atoms. The number of nitrogens with one attached hydrogen (secondary N) is 1. The molecule has 0 fully saturated rings. The van der Waals surface area contributed by atoms with E-state index in [1.807, 2.05) is 4.57 Å². The third kappa shape index (κ3) is 4.37. The lowest BCUT2D eigenvalue weighted by Gasteiger charge is -2.21. The van der Waals surface area contributed by atoms with Gasteiger partial charge >= 0.3 is 5.69 Å². The number of fused-ring (bicyclic) bond motifs is 1. The molecule has 0 amide bonds. The van der Waals surface area contributed by atoms with E-state index in [0.717, 1.165) is 38.4 Å². The minimum Gasteiger partial charge on any atom is -0.343 e. The van der Waals surface area contributed by atoms with Crippen molar-refractivity contribution in [1.82, 2.24) is 19.1 Å². The first-order chi connectivity index (χ1) is 12.5. The zero-order chi connectivity index (χ0) is 19.1. The Bertz CT molecular complexity index is 814. The minimum atomic E-state index is -0.422. The highest BCUT2D eigenvalue weighted by Crippen LogP contribution is 2.20. The molecule has 0 aliphatic heterocycles. The lowest BCUT2D eigenvalue weighted by molar-refractivity contribution is 0.552. The molecule has 2 heterocycles. The molecule has 0 radical (unpaired) electrons.